The number of carboxylic acids is 1. The highest BCUT2D eigenvalue weighted by atomic mass is 16.4. The highest BCUT2D eigenvalue weighted by Crippen LogP contribution is 2.14. The van der Waals surface area contributed by atoms with Crippen molar-refractivity contribution in [2.24, 2.45) is 11.7 Å². The van der Waals surface area contributed by atoms with Crippen LogP contribution < -0.4 is 11.1 Å². The van der Waals surface area contributed by atoms with E-state index in [9.17, 15) is 9.59 Å². The third kappa shape index (κ3) is 6.90. The molecule has 2 atom stereocenters. The number of carbonyl (C=O) groups excluding carboxylic acids is 1. The van der Waals surface area contributed by atoms with Crippen LogP contribution in [-0.4, -0.2) is 23.0 Å². The maximum Gasteiger partial charge on any atom is 0.307 e. The first-order valence-corrected chi connectivity index (χ1v) is 7.25. The molecule has 0 aromatic heterocycles. The molecule has 1 aromatic rings. The molecule has 0 aliphatic rings. The van der Waals surface area contributed by atoms with Gasteiger partial charge in [0.2, 0.25) is 5.91 Å². The zero-order valence-corrected chi connectivity index (χ0v) is 12.6. The summed E-state index contributed by atoms with van der Waals surface area (Å²) in [6.45, 7) is 3.86. The van der Waals surface area contributed by atoms with Crippen molar-refractivity contribution in [1.82, 2.24) is 0 Å². The number of carbonyl (C=O) groups is 2. The van der Waals surface area contributed by atoms with E-state index in [2.05, 4.69) is 5.32 Å². The van der Waals surface area contributed by atoms with Gasteiger partial charge in [0.25, 0.3) is 0 Å². The molecule has 1 amide bonds. The summed E-state index contributed by atoms with van der Waals surface area (Å²) in [4.78, 5) is 22.6. The van der Waals surface area contributed by atoms with E-state index >= 15 is 0 Å². The second kappa shape index (κ2) is 8.42. The fourth-order valence-corrected chi connectivity index (χ4v) is 2.02. The summed E-state index contributed by atoms with van der Waals surface area (Å²) >= 11 is 0. The summed E-state index contributed by atoms with van der Waals surface area (Å²) in [6.07, 6.45) is 2.65. The molecule has 5 heteroatoms. The van der Waals surface area contributed by atoms with E-state index in [1.165, 1.54) is 0 Å². The number of amides is 1. The van der Waals surface area contributed by atoms with Gasteiger partial charge in [0, 0.05) is 17.6 Å². The van der Waals surface area contributed by atoms with Gasteiger partial charge in [-0.15, -0.1) is 0 Å². The first-order chi connectivity index (χ1) is 9.88. The van der Waals surface area contributed by atoms with Crippen molar-refractivity contribution in [2.75, 3.05) is 5.32 Å². The Kier molecular flexibility index (Phi) is 6.88. The Morgan fingerprint density at radius 1 is 1.19 bits per heavy atom. The van der Waals surface area contributed by atoms with E-state index in [4.69, 9.17) is 10.8 Å². The number of nitrogens with one attached hydrogen (secondary N) is 1. The molecule has 4 N–H and O–H groups in total. The van der Waals surface area contributed by atoms with Crippen LogP contribution in [0.15, 0.2) is 24.3 Å². The minimum Gasteiger partial charge on any atom is -0.481 e. The molecule has 0 spiro atoms. The molecule has 5 nitrogen and oxygen atoms in total. The molecule has 2 unspecified atom stereocenters. The minimum atomic E-state index is -0.866. The van der Waals surface area contributed by atoms with Crippen LogP contribution in [0.4, 0.5) is 5.69 Å². The largest absolute Gasteiger partial charge is 0.481 e. The Hall–Kier alpha value is -1.88. The van der Waals surface area contributed by atoms with Crippen LogP contribution in [0, 0.1) is 5.92 Å². The molecule has 0 aliphatic heterocycles. The van der Waals surface area contributed by atoms with Crippen molar-refractivity contribution < 1.29 is 14.7 Å². The van der Waals surface area contributed by atoms with Crippen LogP contribution >= 0.6 is 0 Å². The Labute approximate surface area is 125 Å². The number of carboxylic acid groups (broad SMARTS) is 1. The maximum absolute atomic E-state index is 12.0. The lowest BCUT2D eigenvalue weighted by Crippen LogP contribution is -2.21. The van der Waals surface area contributed by atoms with Crippen LogP contribution in [0.1, 0.15) is 38.7 Å². The van der Waals surface area contributed by atoms with Gasteiger partial charge in [-0.3, -0.25) is 9.59 Å². The van der Waals surface area contributed by atoms with Gasteiger partial charge in [0.1, 0.15) is 0 Å². The average Bonchev–Trinajstić information content (AvgIpc) is 2.39. The number of benzene rings is 1. The monoisotopic (exact) mass is 292 g/mol. The fraction of sp³-hybridized carbons (Fsp3) is 0.500. The SMILES string of the molecule is CC(N)CCCC(C)C(=O)Nc1ccc(CC(=O)O)cc1. The zero-order chi connectivity index (χ0) is 15.8. The molecule has 21 heavy (non-hydrogen) atoms. The predicted molar refractivity (Wildman–Crippen MR) is 83.1 cm³/mol. The first kappa shape index (κ1) is 17.2. The molecule has 0 bridgehead atoms. The van der Waals surface area contributed by atoms with Gasteiger partial charge in [-0.25, -0.2) is 0 Å². The number of hydrogen-bond donors (Lipinski definition) is 3. The van der Waals surface area contributed by atoms with Crippen molar-refractivity contribution in [3.8, 4) is 0 Å². The smallest absolute Gasteiger partial charge is 0.307 e. The molecule has 0 saturated heterocycles. The zero-order valence-electron chi connectivity index (χ0n) is 12.6. The summed E-state index contributed by atoms with van der Waals surface area (Å²) in [5.41, 5.74) is 7.09. The second-order valence-corrected chi connectivity index (χ2v) is 5.57. The molecule has 0 aliphatic carbocycles. The summed E-state index contributed by atoms with van der Waals surface area (Å²) in [7, 11) is 0. The summed E-state index contributed by atoms with van der Waals surface area (Å²) in [5.74, 6) is -0.956. The Balaban J connectivity index is 2.44. The van der Waals surface area contributed by atoms with Crippen molar-refractivity contribution in [3.63, 3.8) is 0 Å². The first-order valence-electron chi connectivity index (χ1n) is 7.25. The van der Waals surface area contributed by atoms with E-state index in [1.54, 1.807) is 24.3 Å². The van der Waals surface area contributed by atoms with Crippen LogP contribution in [-0.2, 0) is 16.0 Å². The van der Waals surface area contributed by atoms with Gasteiger partial charge < -0.3 is 16.2 Å². The van der Waals surface area contributed by atoms with Gasteiger partial charge in [-0.05, 0) is 37.5 Å². The molecule has 0 radical (unpaired) electrons. The van der Waals surface area contributed by atoms with Gasteiger partial charge in [0.05, 0.1) is 6.42 Å². The number of aliphatic carboxylic acids is 1. The van der Waals surface area contributed by atoms with Crippen molar-refractivity contribution in [1.29, 1.82) is 0 Å². The molecule has 0 heterocycles. The summed E-state index contributed by atoms with van der Waals surface area (Å²) < 4.78 is 0. The Morgan fingerprint density at radius 3 is 2.33 bits per heavy atom. The molecule has 1 rings (SSSR count). The number of nitrogens with two attached hydrogens (primary N) is 1. The third-order valence-electron chi connectivity index (χ3n) is 3.32. The van der Waals surface area contributed by atoms with Gasteiger partial charge in [-0.1, -0.05) is 25.5 Å². The van der Waals surface area contributed by atoms with E-state index in [1.807, 2.05) is 13.8 Å². The Bertz CT molecular complexity index is 469. The molecular formula is C16H24N2O3. The lowest BCUT2D eigenvalue weighted by Gasteiger charge is -2.13. The van der Waals surface area contributed by atoms with Gasteiger partial charge in [0.15, 0.2) is 0 Å². The standard InChI is InChI=1S/C16H24N2O3/c1-11(4-3-5-12(2)17)16(21)18-14-8-6-13(7-9-14)10-15(19)20/h6-9,11-12H,3-5,10,17H2,1-2H3,(H,18,21)(H,19,20). The van der Waals surface area contributed by atoms with Gasteiger partial charge in [-0.2, -0.15) is 0 Å². The predicted octanol–water partition coefficient (Wildman–Crippen LogP) is 2.41. The topological polar surface area (TPSA) is 92.4 Å². The van der Waals surface area contributed by atoms with E-state index in [0.717, 1.165) is 19.3 Å². The highest BCUT2D eigenvalue weighted by molar-refractivity contribution is 5.92. The van der Waals surface area contributed by atoms with Crippen molar-refractivity contribution in [2.45, 2.75) is 45.6 Å². The lowest BCUT2D eigenvalue weighted by molar-refractivity contribution is -0.136. The number of hydrogen-bond acceptors (Lipinski definition) is 3. The van der Waals surface area contributed by atoms with Crippen LogP contribution in [0.5, 0.6) is 0 Å². The highest BCUT2D eigenvalue weighted by Gasteiger charge is 2.13. The summed E-state index contributed by atoms with van der Waals surface area (Å²) in [6, 6.07) is 7.05. The van der Waals surface area contributed by atoms with E-state index < -0.39 is 5.97 Å². The van der Waals surface area contributed by atoms with E-state index in [-0.39, 0.29) is 24.3 Å². The van der Waals surface area contributed by atoms with E-state index in [0.29, 0.717) is 11.3 Å². The molecule has 1 aromatic carbocycles. The molecule has 116 valence electrons. The lowest BCUT2D eigenvalue weighted by atomic mass is 10.0. The van der Waals surface area contributed by atoms with Gasteiger partial charge >= 0.3 is 5.97 Å². The summed E-state index contributed by atoms with van der Waals surface area (Å²) in [5, 5.41) is 11.5. The average molecular weight is 292 g/mol. The Morgan fingerprint density at radius 2 is 1.81 bits per heavy atom. The quantitative estimate of drug-likeness (QED) is 0.686. The minimum absolute atomic E-state index is 0.0120. The third-order valence-corrected chi connectivity index (χ3v) is 3.32. The normalized spacial score (nSPS) is 13.5. The molecule has 0 saturated carbocycles. The number of anilines is 1. The van der Waals surface area contributed by atoms with Crippen molar-refractivity contribution >= 4 is 17.6 Å². The van der Waals surface area contributed by atoms with Crippen LogP contribution in [0.3, 0.4) is 0 Å². The molecular weight excluding hydrogens is 268 g/mol. The van der Waals surface area contributed by atoms with Crippen molar-refractivity contribution in [3.05, 3.63) is 29.8 Å². The maximum atomic E-state index is 12.0. The number of rotatable bonds is 8. The molecule has 0 fully saturated rings. The fourth-order valence-electron chi connectivity index (χ4n) is 2.02. The van der Waals surface area contributed by atoms with Crippen LogP contribution in [0.25, 0.3) is 0 Å². The van der Waals surface area contributed by atoms with Crippen LogP contribution in [0.2, 0.25) is 0 Å². The second-order valence-electron chi connectivity index (χ2n) is 5.57.